The highest BCUT2D eigenvalue weighted by atomic mass is 32.2. The van der Waals surface area contributed by atoms with Gasteiger partial charge in [0.05, 0.1) is 5.69 Å². The molecule has 106 valence electrons. The zero-order chi connectivity index (χ0) is 14.0. The van der Waals surface area contributed by atoms with E-state index in [1.54, 1.807) is 23.6 Å². The topological polar surface area (TPSA) is 62.3 Å². The van der Waals surface area contributed by atoms with Crippen LogP contribution in [0.15, 0.2) is 23.4 Å². The lowest BCUT2D eigenvalue weighted by Gasteiger charge is -2.27. The van der Waals surface area contributed by atoms with Crippen molar-refractivity contribution in [1.29, 1.82) is 0 Å². The molecule has 1 fully saturated rings. The lowest BCUT2D eigenvalue weighted by molar-refractivity contribution is 0.329. The average Bonchev–Trinajstić information content (AvgIpc) is 2.80. The van der Waals surface area contributed by atoms with Crippen LogP contribution in [0.25, 0.3) is 0 Å². The van der Waals surface area contributed by atoms with Gasteiger partial charge in [0.25, 0.3) is 0 Å². The lowest BCUT2D eigenvalue weighted by Crippen LogP contribution is -2.39. The summed E-state index contributed by atoms with van der Waals surface area (Å²) in [6.45, 7) is 4.01. The maximum Gasteiger partial charge on any atom is 0.247 e. The lowest BCUT2D eigenvalue weighted by atomic mass is 10.2. The molecule has 0 aromatic carbocycles. The van der Waals surface area contributed by atoms with E-state index in [-0.39, 0.29) is 17.0 Å². The van der Waals surface area contributed by atoms with Gasteiger partial charge in [0, 0.05) is 31.5 Å². The van der Waals surface area contributed by atoms with Crippen LogP contribution in [0.3, 0.4) is 0 Å². The third kappa shape index (κ3) is 2.47. The molecule has 2 atom stereocenters. The molecule has 2 unspecified atom stereocenters. The van der Waals surface area contributed by atoms with Gasteiger partial charge in [0.1, 0.15) is 4.90 Å². The van der Waals surface area contributed by atoms with Gasteiger partial charge in [0.15, 0.2) is 0 Å². The SMILES string of the molecule is CCC1CCC(C)N1S(=O)(=O)c1cnccc1NC. The van der Waals surface area contributed by atoms with Gasteiger partial charge in [-0.25, -0.2) is 8.42 Å². The molecule has 1 aromatic rings. The smallest absolute Gasteiger partial charge is 0.247 e. The van der Waals surface area contributed by atoms with Gasteiger partial charge >= 0.3 is 0 Å². The van der Waals surface area contributed by atoms with Crippen molar-refractivity contribution < 1.29 is 8.42 Å². The van der Waals surface area contributed by atoms with Crippen molar-refractivity contribution in [3.05, 3.63) is 18.5 Å². The number of anilines is 1. The van der Waals surface area contributed by atoms with Crippen LogP contribution < -0.4 is 5.32 Å². The second kappa shape index (κ2) is 5.46. The van der Waals surface area contributed by atoms with Crippen molar-refractivity contribution in [1.82, 2.24) is 9.29 Å². The Hall–Kier alpha value is -1.14. The van der Waals surface area contributed by atoms with E-state index in [0.717, 1.165) is 19.3 Å². The summed E-state index contributed by atoms with van der Waals surface area (Å²) in [7, 11) is -1.76. The summed E-state index contributed by atoms with van der Waals surface area (Å²) >= 11 is 0. The van der Waals surface area contributed by atoms with Gasteiger partial charge in [-0.2, -0.15) is 4.31 Å². The molecule has 1 saturated heterocycles. The molecule has 0 spiro atoms. The van der Waals surface area contributed by atoms with Crippen LogP contribution in [0.2, 0.25) is 0 Å². The summed E-state index contributed by atoms with van der Waals surface area (Å²) in [6.07, 6.45) is 5.73. The summed E-state index contributed by atoms with van der Waals surface area (Å²) in [5.41, 5.74) is 0.601. The molecule has 0 bridgehead atoms. The predicted molar refractivity (Wildman–Crippen MR) is 75.6 cm³/mol. The molecule has 6 heteroatoms. The van der Waals surface area contributed by atoms with Gasteiger partial charge in [-0.1, -0.05) is 6.92 Å². The quantitative estimate of drug-likeness (QED) is 0.919. The number of nitrogens with zero attached hydrogens (tertiary/aromatic N) is 2. The minimum Gasteiger partial charge on any atom is -0.387 e. The second-order valence-electron chi connectivity index (χ2n) is 4.95. The number of nitrogens with one attached hydrogen (secondary N) is 1. The normalized spacial score (nSPS) is 24.6. The zero-order valence-corrected chi connectivity index (χ0v) is 12.4. The largest absolute Gasteiger partial charge is 0.387 e. The Balaban J connectivity index is 2.47. The molecule has 2 heterocycles. The van der Waals surface area contributed by atoms with Crippen LogP contribution in [0.4, 0.5) is 5.69 Å². The van der Waals surface area contributed by atoms with Crippen LogP contribution in [-0.2, 0) is 10.0 Å². The molecule has 1 aromatic heterocycles. The van der Waals surface area contributed by atoms with Crippen molar-refractivity contribution in [2.45, 2.75) is 50.1 Å². The van der Waals surface area contributed by atoms with Crippen LogP contribution in [0.5, 0.6) is 0 Å². The summed E-state index contributed by atoms with van der Waals surface area (Å²) in [6, 6.07) is 1.85. The number of hydrogen-bond donors (Lipinski definition) is 1. The van der Waals surface area contributed by atoms with Crippen molar-refractivity contribution in [2.75, 3.05) is 12.4 Å². The Morgan fingerprint density at radius 2 is 2.21 bits per heavy atom. The molecule has 5 nitrogen and oxygen atoms in total. The fourth-order valence-electron chi connectivity index (χ4n) is 2.77. The monoisotopic (exact) mass is 283 g/mol. The van der Waals surface area contributed by atoms with Gasteiger partial charge in [0.2, 0.25) is 10.0 Å². The standard InChI is InChI=1S/C13H21N3O2S/c1-4-11-6-5-10(2)16(11)19(17,18)13-9-15-8-7-12(13)14-3/h7-11H,4-6H2,1-3H3,(H,14,15). The van der Waals surface area contributed by atoms with Gasteiger partial charge in [-0.15, -0.1) is 0 Å². The highest BCUT2D eigenvalue weighted by molar-refractivity contribution is 7.89. The molecule has 2 rings (SSSR count). The molecule has 0 radical (unpaired) electrons. The number of aromatic nitrogens is 1. The van der Waals surface area contributed by atoms with E-state index < -0.39 is 10.0 Å². The number of sulfonamides is 1. The predicted octanol–water partition coefficient (Wildman–Crippen LogP) is 2.07. The van der Waals surface area contributed by atoms with E-state index in [4.69, 9.17) is 0 Å². The zero-order valence-electron chi connectivity index (χ0n) is 11.6. The molecule has 0 amide bonds. The highest BCUT2D eigenvalue weighted by Gasteiger charge is 2.40. The average molecular weight is 283 g/mol. The van der Waals surface area contributed by atoms with E-state index in [1.165, 1.54) is 6.20 Å². The number of pyridine rings is 1. The van der Waals surface area contributed by atoms with Crippen molar-refractivity contribution >= 4 is 15.7 Å². The molecule has 19 heavy (non-hydrogen) atoms. The minimum atomic E-state index is -3.48. The van der Waals surface area contributed by atoms with Crippen LogP contribution in [0, 0.1) is 0 Å². The Labute approximate surface area is 115 Å². The molecular weight excluding hydrogens is 262 g/mol. The molecule has 0 aliphatic carbocycles. The Morgan fingerprint density at radius 3 is 2.84 bits per heavy atom. The summed E-state index contributed by atoms with van der Waals surface area (Å²) in [5, 5.41) is 2.93. The van der Waals surface area contributed by atoms with E-state index in [1.807, 2.05) is 13.8 Å². The maximum atomic E-state index is 12.8. The second-order valence-corrected chi connectivity index (χ2v) is 6.76. The molecule has 0 saturated carbocycles. The van der Waals surface area contributed by atoms with E-state index in [9.17, 15) is 8.42 Å². The molecule has 1 aliphatic rings. The van der Waals surface area contributed by atoms with Crippen LogP contribution in [-0.4, -0.2) is 36.8 Å². The first kappa shape index (κ1) is 14.3. The highest BCUT2D eigenvalue weighted by Crippen LogP contribution is 2.34. The van der Waals surface area contributed by atoms with Crippen molar-refractivity contribution in [3.63, 3.8) is 0 Å². The van der Waals surface area contributed by atoms with Gasteiger partial charge in [-0.3, -0.25) is 4.98 Å². The number of hydrogen-bond acceptors (Lipinski definition) is 4. The van der Waals surface area contributed by atoms with Gasteiger partial charge < -0.3 is 5.32 Å². The first-order valence-corrected chi connectivity index (χ1v) is 8.11. The van der Waals surface area contributed by atoms with Crippen molar-refractivity contribution in [2.24, 2.45) is 0 Å². The minimum absolute atomic E-state index is 0.0554. The molecule has 1 aliphatic heterocycles. The van der Waals surface area contributed by atoms with E-state index >= 15 is 0 Å². The fourth-order valence-corrected chi connectivity index (χ4v) is 4.87. The first-order valence-electron chi connectivity index (χ1n) is 6.67. The summed E-state index contributed by atoms with van der Waals surface area (Å²) in [5.74, 6) is 0. The molecule has 1 N–H and O–H groups in total. The van der Waals surface area contributed by atoms with Crippen LogP contribution >= 0.6 is 0 Å². The molecular formula is C13H21N3O2S. The maximum absolute atomic E-state index is 12.8. The third-order valence-corrected chi connectivity index (χ3v) is 5.89. The summed E-state index contributed by atoms with van der Waals surface area (Å²) < 4.78 is 27.3. The first-order chi connectivity index (χ1) is 9.02. The Bertz CT molecular complexity index is 545. The fraction of sp³-hybridized carbons (Fsp3) is 0.615. The van der Waals surface area contributed by atoms with E-state index in [2.05, 4.69) is 10.3 Å². The Morgan fingerprint density at radius 1 is 1.47 bits per heavy atom. The number of rotatable bonds is 4. The van der Waals surface area contributed by atoms with Crippen LogP contribution in [0.1, 0.15) is 33.1 Å². The third-order valence-electron chi connectivity index (χ3n) is 3.79. The van der Waals surface area contributed by atoms with Gasteiger partial charge in [-0.05, 0) is 32.3 Å². The van der Waals surface area contributed by atoms with Crippen molar-refractivity contribution in [3.8, 4) is 0 Å². The van der Waals surface area contributed by atoms with E-state index in [0.29, 0.717) is 5.69 Å². The summed E-state index contributed by atoms with van der Waals surface area (Å²) in [4.78, 5) is 4.23. The Kier molecular flexibility index (Phi) is 4.10.